The summed E-state index contributed by atoms with van der Waals surface area (Å²) in [6.07, 6.45) is -4.61. The molecule has 17 heteroatoms. The van der Waals surface area contributed by atoms with E-state index in [-0.39, 0.29) is 6.42 Å². The molecule has 0 aromatic heterocycles. The van der Waals surface area contributed by atoms with Crippen molar-refractivity contribution < 1.29 is 63.5 Å². The Labute approximate surface area is 177 Å². The second kappa shape index (κ2) is 12.0. The number of carbonyl (C=O) groups is 3. The molecule has 182 valence electrons. The number of carboxylic acids is 3. The van der Waals surface area contributed by atoms with Gasteiger partial charge in [-0.05, 0) is 5.92 Å². The maximum absolute atomic E-state index is 11.8. The number of aliphatic carboxylic acids is 3. The van der Waals surface area contributed by atoms with E-state index < -0.39 is 82.9 Å². The Bertz CT molecular complexity index is 712. The Kier molecular flexibility index (Phi) is 11.5. The van der Waals surface area contributed by atoms with Crippen molar-refractivity contribution in [1.29, 1.82) is 0 Å². The number of carboxylic acid groups (broad SMARTS) is 3. The van der Waals surface area contributed by atoms with Crippen LogP contribution in [-0.2, 0) is 23.5 Å². The molecule has 0 saturated carbocycles. The van der Waals surface area contributed by atoms with Crippen LogP contribution in [0.4, 0.5) is 0 Å². The minimum atomic E-state index is -4.83. The minimum absolute atomic E-state index is 0.206. The lowest BCUT2D eigenvalue weighted by Gasteiger charge is -2.38. The van der Waals surface area contributed by atoms with Crippen molar-refractivity contribution in [1.82, 2.24) is 9.80 Å². The highest BCUT2D eigenvalue weighted by Gasteiger charge is 2.44. The van der Waals surface area contributed by atoms with Gasteiger partial charge in [-0.25, -0.2) is 4.79 Å². The van der Waals surface area contributed by atoms with Gasteiger partial charge in [0.2, 0.25) is 0 Å². The fourth-order valence-corrected chi connectivity index (χ4v) is 4.63. The van der Waals surface area contributed by atoms with Crippen LogP contribution in [-0.4, -0.2) is 112 Å². The maximum Gasteiger partial charge on any atom is 0.339 e. The average molecular weight is 494 g/mol. The summed E-state index contributed by atoms with van der Waals surface area (Å²) in [6.45, 7) is 1.67. The Morgan fingerprint density at radius 3 is 1.52 bits per heavy atom. The first-order valence-electron chi connectivity index (χ1n) is 8.85. The van der Waals surface area contributed by atoms with Crippen molar-refractivity contribution in [2.75, 3.05) is 25.7 Å². The summed E-state index contributed by atoms with van der Waals surface area (Å²) in [5.74, 6) is -6.12. The largest absolute Gasteiger partial charge is 0.480 e. The summed E-state index contributed by atoms with van der Waals surface area (Å²) in [7, 11) is -9.65. The van der Waals surface area contributed by atoms with E-state index in [4.69, 9.17) is 24.7 Å². The van der Waals surface area contributed by atoms with E-state index in [0.717, 1.165) is 0 Å². The number of hydrogen-bond donors (Lipinski definition) is 8. The van der Waals surface area contributed by atoms with Crippen molar-refractivity contribution in [3.05, 3.63) is 0 Å². The third-order valence-corrected chi connectivity index (χ3v) is 5.94. The van der Waals surface area contributed by atoms with Crippen molar-refractivity contribution >= 4 is 33.1 Å². The molecule has 0 aromatic carbocycles. The van der Waals surface area contributed by atoms with Crippen LogP contribution in [0.2, 0.25) is 0 Å². The lowest BCUT2D eigenvalue weighted by Crippen LogP contribution is -2.60. The van der Waals surface area contributed by atoms with E-state index in [9.17, 15) is 38.8 Å². The van der Waals surface area contributed by atoms with Crippen LogP contribution in [0.3, 0.4) is 0 Å². The predicted molar refractivity (Wildman–Crippen MR) is 103 cm³/mol. The van der Waals surface area contributed by atoms with Crippen LogP contribution in [0.5, 0.6) is 0 Å². The van der Waals surface area contributed by atoms with Gasteiger partial charge in [0.1, 0.15) is 24.7 Å². The molecule has 0 bridgehead atoms. The van der Waals surface area contributed by atoms with Crippen molar-refractivity contribution in [3.8, 4) is 0 Å². The van der Waals surface area contributed by atoms with Crippen LogP contribution >= 0.6 is 15.2 Å². The van der Waals surface area contributed by atoms with Gasteiger partial charge in [0, 0.05) is 13.1 Å². The normalized spacial score (nSPS) is 16.7. The molecule has 8 N–H and O–H groups in total. The number of hydrogen-bond acceptors (Lipinski definition) is 8. The van der Waals surface area contributed by atoms with E-state index >= 15 is 0 Å². The van der Waals surface area contributed by atoms with Gasteiger partial charge < -0.3 is 40.0 Å². The second-order valence-electron chi connectivity index (χ2n) is 6.98. The van der Waals surface area contributed by atoms with Gasteiger partial charge >= 0.3 is 33.1 Å². The Hall–Kier alpha value is -1.41. The van der Waals surface area contributed by atoms with Crippen LogP contribution in [0.15, 0.2) is 0 Å². The summed E-state index contributed by atoms with van der Waals surface area (Å²) in [5.41, 5.74) is 0. The first-order chi connectivity index (χ1) is 13.9. The van der Waals surface area contributed by atoms with Gasteiger partial charge in [-0.15, -0.1) is 0 Å². The predicted octanol–water partition coefficient (Wildman–Crippen LogP) is -1.74. The molecule has 0 heterocycles. The second-order valence-corrected chi connectivity index (χ2v) is 10.2. The highest BCUT2D eigenvalue weighted by atomic mass is 31.2. The van der Waals surface area contributed by atoms with Crippen LogP contribution in [0.25, 0.3) is 0 Å². The molecule has 15 nitrogen and oxygen atoms in total. The van der Waals surface area contributed by atoms with E-state index in [0.29, 0.717) is 9.80 Å². The number of rotatable bonds is 15. The molecule has 4 atom stereocenters. The number of aliphatic hydroxyl groups excluding tert-OH is 1. The molecule has 31 heavy (non-hydrogen) atoms. The maximum atomic E-state index is 11.8. The van der Waals surface area contributed by atoms with Crippen LogP contribution in [0.1, 0.15) is 20.3 Å². The van der Waals surface area contributed by atoms with Crippen molar-refractivity contribution in [2.24, 2.45) is 5.92 Å². The van der Waals surface area contributed by atoms with Gasteiger partial charge in [0.05, 0.1) is 0 Å². The van der Waals surface area contributed by atoms with Crippen LogP contribution in [0, 0.1) is 5.92 Å². The Balaban J connectivity index is 6.19. The molecular formula is C14H28N2O13P2. The highest BCUT2D eigenvalue weighted by Crippen LogP contribution is 2.40. The number of nitrogens with zero attached hydrogens (tertiary/aromatic N) is 2. The lowest BCUT2D eigenvalue weighted by molar-refractivity contribution is -0.167. The minimum Gasteiger partial charge on any atom is -0.480 e. The van der Waals surface area contributed by atoms with Gasteiger partial charge in [-0.2, -0.15) is 0 Å². The molecule has 0 aliphatic rings. The number of aliphatic hydroxyl groups is 1. The topological polar surface area (TPSA) is 254 Å². The summed E-state index contributed by atoms with van der Waals surface area (Å²) in [4.78, 5) is 72.5. The first kappa shape index (κ1) is 29.6. The van der Waals surface area contributed by atoms with E-state index in [2.05, 4.69) is 0 Å². The fraction of sp³-hybridized carbons (Fsp3) is 0.786. The summed E-state index contributed by atoms with van der Waals surface area (Å²) in [6, 6.07) is -3.90. The monoisotopic (exact) mass is 494 g/mol. The van der Waals surface area contributed by atoms with Crippen molar-refractivity contribution in [3.63, 3.8) is 0 Å². The van der Waals surface area contributed by atoms with Gasteiger partial charge in [0.25, 0.3) is 0 Å². The lowest BCUT2D eigenvalue weighted by atomic mass is 9.94. The molecule has 0 rings (SSSR count). The standard InChI is InChI=1S/C14H28N2O13P2/c1-3-8(2)9(12(18)19)16(10(13(20)21)11(17)14(22)23)5-4-15(6-30(24,25)26)7-31(27,28)29/h8-11,17H,3-7H2,1-2H3,(H,18,19)(H,20,21)(H,22,23)(H2,24,25,26)(H2,27,28,29). The molecule has 0 aromatic rings. The zero-order valence-corrected chi connectivity index (χ0v) is 18.5. The summed E-state index contributed by atoms with van der Waals surface area (Å²) >= 11 is 0. The molecular weight excluding hydrogens is 466 g/mol. The third-order valence-electron chi connectivity index (χ3n) is 4.40. The van der Waals surface area contributed by atoms with E-state index in [1.165, 1.54) is 6.92 Å². The first-order valence-corrected chi connectivity index (χ1v) is 12.4. The molecule has 0 aliphatic carbocycles. The molecule has 0 radical (unpaired) electrons. The quantitative estimate of drug-likeness (QED) is 0.118. The molecule has 0 aliphatic heterocycles. The highest BCUT2D eigenvalue weighted by molar-refractivity contribution is 7.52. The zero-order chi connectivity index (χ0) is 24.7. The van der Waals surface area contributed by atoms with E-state index in [1.54, 1.807) is 6.92 Å². The Morgan fingerprint density at radius 2 is 1.23 bits per heavy atom. The van der Waals surface area contributed by atoms with Gasteiger partial charge in [-0.1, -0.05) is 20.3 Å². The molecule has 0 spiro atoms. The van der Waals surface area contributed by atoms with Crippen LogP contribution < -0.4 is 0 Å². The molecule has 4 unspecified atom stereocenters. The fourth-order valence-electron chi connectivity index (χ4n) is 2.94. The summed E-state index contributed by atoms with van der Waals surface area (Å²) in [5, 5.41) is 38.0. The molecule has 0 fully saturated rings. The van der Waals surface area contributed by atoms with Gasteiger partial charge in [-0.3, -0.25) is 28.5 Å². The smallest absolute Gasteiger partial charge is 0.339 e. The third kappa shape index (κ3) is 10.6. The molecule has 0 saturated heterocycles. The SMILES string of the molecule is CCC(C)C(C(=O)O)N(CCN(CP(=O)(O)O)CP(=O)(O)O)C(C(=O)O)C(O)C(=O)O. The Morgan fingerprint density at radius 1 is 0.806 bits per heavy atom. The van der Waals surface area contributed by atoms with Gasteiger partial charge in [0.15, 0.2) is 6.10 Å². The van der Waals surface area contributed by atoms with E-state index in [1.807, 2.05) is 0 Å². The molecule has 0 amide bonds. The zero-order valence-electron chi connectivity index (χ0n) is 16.8. The summed E-state index contributed by atoms with van der Waals surface area (Å²) < 4.78 is 22.6. The van der Waals surface area contributed by atoms with Crippen molar-refractivity contribution in [2.45, 2.75) is 38.5 Å². The average Bonchev–Trinajstić information content (AvgIpc) is 2.55.